The Balaban J connectivity index is 1.40. The largest absolute Gasteiger partial charge is 0.393 e. The topological polar surface area (TPSA) is 36.0 Å². The van der Waals surface area contributed by atoms with E-state index in [1.807, 2.05) is 0 Å². The summed E-state index contributed by atoms with van der Waals surface area (Å²) in [4.78, 5) is 3.75. The van der Waals surface area contributed by atoms with E-state index in [4.69, 9.17) is 0 Å². The summed E-state index contributed by atoms with van der Waals surface area (Å²) in [6, 6.07) is 8.91. The number of aromatic amines is 1. The average Bonchev–Trinajstić information content (AvgIpc) is 3.16. The number of benzene rings is 1. The van der Waals surface area contributed by atoms with Gasteiger partial charge in [0.2, 0.25) is 0 Å². The van der Waals surface area contributed by atoms with Crippen molar-refractivity contribution in [2.24, 2.45) is 34.5 Å². The molecule has 144 valence electrons. The molecule has 0 amide bonds. The van der Waals surface area contributed by atoms with Crippen LogP contribution in [-0.2, 0) is 12.8 Å². The Morgan fingerprint density at radius 2 is 1.78 bits per heavy atom. The van der Waals surface area contributed by atoms with Crippen LogP contribution in [-0.4, -0.2) is 16.2 Å². The molecule has 7 atom stereocenters. The van der Waals surface area contributed by atoms with Crippen molar-refractivity contribution in [1.29, 1.82) is 0 Å². The maximum absolute atomic E-state index is 10.7. The summed E-state index contributed by atoms with van der Waals surface area (Å²) in [5.74, 6) is 3.28. The number of nitrogens with one attached hydrogen (secondary N) is 1. The number of aliphatic hydroxyl groups excluding tert-OH is 1. The van der Waals surface area contributed by atoms with Gasteiger partial charge in [-0.1, -0.05) is 32.0 Å². The second kappa shape index (κ2) is 5.41. The molecule has 0 radical (unpaired) electrons. The Hall–Kier alpha value is -1.28. The molecule has 0 aliphatic heterocycles. The number of hydrogen-bond acceptors (Lipinski definition) is 1. The van der Waals surface area contributed by atoms with Gasteiger partial charge >= 0.3 is 0 Å². The van der Waals surface area contributed by atoms with Crippen molar-refractivity contribution in [2.45, 2.75) is 71.3 Å². The second-order valence-electron chi connectivity index (χ2n) is 10.8. The zero-order valence-corrected chi connectivity index (χ0v) is 16.8. The summed E-state index contributed by atoms with van der Waals surface area (Å²) in [6.45, 7) is 5.03. The Morgan fingerprint density at radius 3 is 2.67 bits per heavy atom. The van der Waals surface area contributed by atoms with Gasteiger partial charge in [0, 0.05) is 16.6 Å². The van der Waals surface area contributed by atoms with Gasteiger partial charge in [0.1, 0.15) is 0 Å². The van der Waals surface area contributed by atoms with Gasteiger partial charge in [0.05, 0.1) is 6.10 Å². The van der Waals surface area contributed by atoms with Crippen LogP contribution >= 0.6 is 0 Å². The Labute approximate surface area is 162 Å². The lowest BCUT2D eigenvalue weighted by molar-refractivity contribution is -0.111. The van der Waals surface area contributed by atoms with Gasteiger partial charge in [0.25, 0.3) is 0 Å². The lowest BCUT2D eigenvalue weighted by Crippen LogP contribution is -2.54. The maximum Gasteiger partial charge on any atom is 0.0596 e. The van der Waals surface area contributed by atoms with E-state index in [9.17, 15) is 5.11 Å². The van der Waals surface area contributed by atoms with Gasteiger partial charge in [-0.05, 0) is 97.5 Å². The molecule has 1 aromatic heterocycles. The molecule has 0 spiro atoms. The zero-order valence-electron chi connectivity index (χ0n) is 16.8. The summed E-state index contributed by atoms with van der Waals surface area (Å²) < 4.78 is 0. The first kappa shape index (κ1) is 16.7. The molecule has 2 nitrogen and oxygen atoms in total. The van der Waals surface area contributed by atoms with Gasteiger partial charge < -0.3 is 10.1 Å². The predicted octanol–water partition coefficient (Wildman–Crippen LogP) is 5.49. The minimum Gasteiger partial charge on any atom is -0.393 e. The monoisotopic (exact) mass is 363 g/mol. The fourth-order valence-electron chi connectivity index (χ4n) is 8.38. The fourth-order valence-corrected chi connectivity index (χ4v) is 8.38. The number of hydrogen-bond donors (Lipinski definition) is 2. The molecule has 2 heteroatoms. The number of rotatable bonds is 0. The number of fused-ring (bicyclic) bond motifs is 8. The first-order chi connectivity index (χ1) is 13.0. The molecule has 0 saturated heterocycles. The molecule has 3 fully saturated rings. The number of para-hydroxylation sites is 1. The van der Waals surface area contributed by atoms with E-state index in [0.29, 0.717) is 5.41 Å². The van der Waals surface area contributed by atoms with Gasteiger partial charge in [0.15, 0.2) is 0 Å². The van der Waals surface area contributed by atoms with Crippen LogP contribution < -0.4 is 0 Å². The summed E-state index contributed by atoms with van der Waals surface area (Å²) in [5, 5.41) is 12.2. The molecule has 1 aromatic carbocycles. The van der Waals surface area contributed by atoms with Crippen LogP contribution in [0.5, 0.6) is 0 Å². The van der Waals surface area contributed by atoms with Crippen molar-refractivity contribution in [3.63, 3.8) is 0 Å². The minimum absolute atomic E-state index is 0.0550. The second-order valence-corrected chi connectivity index (χ2v) is 10.8. The van der Waals surface area contributed by atoms with Crippen molar-refractivity contribution in [2.75, 3.05) is 0 Å². The number of H-pyrrole nitrogens is 1. The summed E-state index contributed by atoms with van der Waals surface area (Å²) in [5.41, 5.74) is 5.11. The molecular formula is C25H33NO. The Morgan fingerprint density at radius 1 is 0.963 bits per heavy atom. The van der Waals surface area contributed by atoms with Crippen molar-refractivity contribution >= 4 is 10.9 Å². The molecule has 6 rings (SSSR count). The van der Waals surface area contributed by atoms with Crippen molar-refractivity contribution < 1.29 is 5.11 Å². The van der Waals surface area contributed by atoms with Crippen LogP contribution in [0.1, 0.15) is 63.6 Å². The minimum atomic E-state index is -0.0550. The molecule has 0 bridgehead atoms. The maximum atomic E-state index is 10.7. The van der Waals surface area contributed by atoms with E-state index >= 15 is 0 Å². The molecule has 1 heterocycles. The zero-order chi connectivity index (χ0) is 18.4. The molecule has 0 unspecified atom stereocenters. The summed E-state index contributed by atoms with van der Waals surface area (Å²) >= 11 is 0. The Kier molecular flexibility index (Phi) is 3.33. The van der Waals surface area contributed by atoms with Crippen LogP contribution in [0.3, 0.4) is 0 Å². The van der Waals surface area contributed by atoms with E-state index in [1.165, 1.54) is 61.5 Å². The molecule has 2 aromatic rings. The average molecular weight is 364 g/mol. The van der Waals surface area contributed by atoms with E-state index in [0.717, 1.165) is 30.1 Å². The molecule has 2 N–H and O–H groups in total. The van der Waals surface area contributed by atoms with Gasteiger partial charge in [-0.15, -0.1) is 0 Å². The third-order valence-corrected chi connectivity index (χ3v) is 9.93. The van der Waals surface area contributed by atoms with Crippen LogP contribution in [0.15, 0.2) is 24.3 Å². The van der Waals surface area contributed by atoms with E-state index in [1.54, 1.807) is 5.56 Å². The lowest BCUT2D eigenvalue weighted by atomic mass is 9.45. The highest BCUT2D eigenvalue weighted by molar-refractivity contribution is 5.85. The van der Waals surface area contributed by atoms with Crippen LogP contribution in [0.4, 0.5) is 0 Å². The first-order valence-electron chi connectivity index (χ1n) is 11.3. The van der Waals surface area contributed by atoms with Crippen LogP contribution in [0.25, 0.3) is 10.9 Å². The standard InChI is InChI=1S/C25H33NO/c1-24-12-11-20-17(19(24)9-10-23(24)27)8-7-15-13-22-18(14-25(15,20)2)16-5-3-4-6-21(16)26-22/h3-6,15,17,19-20,23,26-27H,7-14H2,1-2H3/t15-,17+,19-,20+,23-,24-,25-/m0/s1. The highest BCUT2D eigenvalue weighted by Crippen LogP contribution is 2.65. The van der Waals surface area contributed by atoms with Crippen molar-refractivity contribution in [1.82, 2.24) is 4.98 Å². The lowest BCUT2D eigenvalue weighted by Gasteiger charge is -2.60. The molecule has 4 aliphatic carbocycles. The molecule has 27 heavy (non-hydrogen) atoms. The molecule has 4 aliphatic rings. The fraction of sp³-hybridized carbons (Fsp3) is 0.680. The number of aliphatic hydroxyl groups is 1. The third-order valence-electron chi connectivity index (χ3n) is 9.93. The van der Waals surface area contributed by atoms with E-state index < -0.39 is 0 Å². The van der Waals surface area contributed by atoms with Gasteiger partial charge in [-0.3, -0.25) is 0 Å². The SMILES string of the molecule is C[C@]12Cc3c([nH]c4ccccc34)C[C@@H]1CC[C@H]1[C@H]2CC[C@]2(C)[C@@H](O)CC[C@@H]12. The predicted molar refractivity (Wildman–Crippen MR) is 110 cm³/mol. The van der Waals surface area contributed by atoms with E-state index in [2.05, 4.69) is 43.1 Å². The summed E-state index contributed by atoms with van der Waals surface area (Å²) in [7, 11) is 0. The van der Waals surface area contributed by atoms with Crippen molar-refractivity contribution in [3.8, 4) is 0 Å². The molecular weight excluding hydrogens is 330 g/mol. The Bertz CT molecular complexity index is 899. The smallest absolute Gasteiger partial charge is 0.0596 e. The third kappa shape index (κ3) is 2.06. The van der Waals surface area contributed by atoms with Crippen molar-refractivity contribution in [3.05, 3.63) is 35.5 Å². The first-order valence-corrected chi connectivity index (χ1v) is 11.3. The van der Waals surface area contributed by atoms with Gasteiger partial charge in [-0.25, -0.2) is 0 Å². The van der Waals surface area contributed by atoms with E-state index in [-0.39, 0.29) is 11.5 Å². The van der Waals surface area contributed by atoms with Crippen LogP contribution in [0.2, 0.25) is 0 Å². The number of aromatic nitrogens is 1. The van der Waals surface area contributed by atoms with Crippen LogP contribution in [0, 0.1) is 34.5 Å². The normalized spacial score (nSPS) is 45.8. The summed E-state index contributed by atoms with van der Waals surface area (Å²) in [6.07, 6.45) is 10.1. The quantitative estimate of drug-likeness (QED) is 0.638. The highest BCUT2D eigenvalue weighted by Gasteiger charge is 2.60. The van der Waals surface area contributed by atoms with Gasteiger partial charge in [-0.2, -0.15) is 0 Å². The highest BCUT2D eigenvalue weighted by atomic mass is 16.3. The molecule has 3 saturated carbocycles.